The lowest BCUT2D eigenvalue weighted by molar-refractivity contribution is 0.134. The number of likely N-dealkylation sites (tertiary alicyclic amines) is 1. The number of halogens is 2. The van der Waals surface area contributed by atoms with Gasteiger partial charge in [0, 0.05) is 38.8 Å². The number of nitrogens with zero attached hydrogens (tertiary/aromatic N) is 2. The predicted molar refractivity (Wildman–Crippen MR) is 131 cm³/mol. The number of benzene rings is 2. The van der Waals surface area contributed by atoms with Crippen molar-refractivity contribution in [3.05, 3.63) is 65.5 Å². The Morgan fingerprint density at radius 1 is 1.20 bits per heavy atom. The largest absolute Gasteiger partial charge is 0.494 e. The number of ether oxygens (including phenoxy) is 1. The summed E-state index contributed by atoms with van der Waals surface area (Å²) in [6.45, 7) is 4.83. The van der Waals surface area contributed by atoms with Crippen molar-refractivity contribution in [3.8, 4) is 5.75 Å². The molecule has 0 bridgehead atoms. The molecular weight excluding hydrogens is 494 g/mol. The van der Waals surface area contributed by atoms with Gasteiger partial charge in [-0.2, -0.15) is 0 Å². The minimum Gasteiger partial charge on any atom is -0.494 e. The molecule has 2 aromatic carbocycles. The van der Waals surface area contributed by atoms with E-state index in [0.29, 0.717) is 18.6 Å². The molecule has 1 fully saturated rings. The molecule has 2 N–H and O–H groups in total. The maximum Gasteiger partial charge on any atom is 0.191 e. The van der Waals surface area contributed by atoms with Crippen LogP contribution in [0.3, 0.4) is 0 Å². The first-order valence-electron chi connectivity index (χ1n) is 10.2. The third-order valence-electron chi connectivity index (χ3n) is 5.48. The number of aliphatic imine (C=N–C) groups is 1. The number of piperidine rings is 1. The summed E-state index contributed by atoms with van der Waals surface area (Å²) < 4.78 is 18.8. The van der Waals surface area contributed by atoms with E-state index in [1.54, 1.807) is 13.1 Å². The van der Waals surface area contributed by atoms with Crippen molar-refractivity contribution in [1.29, 1.82) is 0 Å². The van der Waals surface area contributed by atoms with E-state index in [0.717, 1.165) is 37.5 Å². The smallest absolute Gasteiger partial charge is 0.191 e. The lowest BCUT2D eigenvalue weighted by atomic mass is 9.97. The van der Waals surface area contributed by atoms with Crippen LogP contribution in [0.5, 0.6) is 5.75 Å². The second kappa shape index (κ2) is 12.1. The van der Waals surface area contributed by atoms with Crippen LogP contribution in [0.1, 0.15) is 30.9 Å². The molecule has 0 aromatic heterocycles. The average Bonchev–Trinajstić information content (AvgIpc) is 2.74. The van der Waals surface area contributed by atoms with Crippen molar-refractivity contribution in [3.63, 3.8) is 0 Å². The van der Waals surface area contributed by atoms with Crippen molar-refractivity contribution < 1.29 is 9.13 Å². The first kappa shape index (κ1) is 24.4. The Hall–Kier alpha value is -1.87. The highest BCUT2D eigenvalue weighted by Gasteiger charge is 2.25. The van der Waals surface area contributed by atoms with Crippen molar-refractivity contribution in [1.82, 2.24) is 15.5 Å². The van der Waals surface area contributed by atoms with Crippen LogP contribution >= 0.6 is 24.0 Å². The molecule has 0 aliphatic carbocycles. The zero-order valence-electron chi connectivity index (χ0n) is 17.9. The Morgan fingerprint density at radius 3 is 2.60 bits per heavy atom. The molecule has 0 amide bonds. The van der Waals surface area contributed by atoms with E-state index in [1.165, 1.54) is 18.7 Å². The molecule has 2 atom stereocenters. The first-order valence-corrected chi connectivity index (χ1v) is 10.2. The fourth-order valence-corrected chi connectivity index (χ4v) is 3.80. The van der Waals surface area contributed by atoms with Crippen molar-refractivity contribution in [2.45, 2.75) is 44.9 Å². The molecule has 2 unspecified atom stereocenters. The van der Waals surface area contributed by atoms with E-state index in [1.807, 2.05) is 6.07 Å². The highest BCUT2D eigenvalue weighted by Crippen LogP contribution is 2.20. The van der Waals surface area contributed by atoms with E-state index >= 15 is 0 Å². The van der Waals surface area contributed by atoms with Crippen molar-refractivity contribution in [2.24, 2.45) is 4.99 Å². The van der Waals surface area contributed by atoms with Crippen LogP contribution in [0.25, 0.3) is 0 Å². The van der Waals surface area contributed by atoms with Gasteiger partial charge in [-0.05, 0) is 43.0 Å². The normalized spacial score (nSPS) is 19.7. The topological polar surface area (TPSA) is 48.9 Å². The monoisotopic (exact) mass is 526 g/mol. The number of hydrogen-bond acceptors (Lipinski definition) is 3. The molecular formula is C23H32FIN4O. The summed E-state index contributed by atoms with van der Waals surface area (Å²) in [4.78, 5) is 6.86. The first-order chi connectivity index (χ1) is 14.1. The maximum atomic E-state index is 13.9. The summed E-state index contributed by atoms with van der Waals surface area (Å²) in [6, 6.07) is 16.5. The molecule has 164 valence electrons. The molecule has 30 heavy (non-hydrogen) atoms. The summed E-state index contributed by atoms with van der Waals surface area (Å²) in [5, 5.41) is 6.80. The number of methoxy groups -OCH3 is 1. The van der Waals surface area contributed by atoms with Crippen LogP contribution in [0.15, 0.2) is 53.5 Å². The minimum absolute atomic E-state index is 0. The molecule has 0 saturated carbocycles. The van der Waals surface area contributed by atoms with Gasteiger partial charge in [0.1, 0.15) is 0 Å². The Morgan fingerprint density at radius 2 is 1.97 bits per heavy atom. The van der Waals surface area contributed by atoms with Gasteiger partial charge >= 0.3 is 0 Å². The second-order valence-corrected chi connectivity index (χ2v) is 7.57. The fourth-order valence-electron chi connectivity index (χ4n) is 3.80. The van der Waals surface area contributed by atoms with Crippen LogP contribution < -0.4 is 15.4 Å². The van der Waals surface area contributed by atoms with E-state index in [4.69, 9.17) is 4.74 Å². The van der Waals surface area contributed by atoms with Crippen LogP contribution in [0, 0.1) is 5.82 Å². The van der Waals surface area contributed by atoms with E-state index in [9.17, 15) is 4.39 Å². The van der Waals surface area contributed by atoms with Crippen LogP contribution in [-0.4, -0.2) is 43.6 Å². The number of rotatable bonds is 6. The molecule has 1 heterocycles. The van der Waals surface area contributed by atoms with E-state index < -0.39 is 0 Å². The summed E-state index contributed by atoms with van der Waals surface area (Å²) in [5.74, 6) is 0.650. The fraction of sp³-hybridized carbons (Fsp3) is 0.435. The predicted octanol–water partition coefficient (Wildman–Crippen LogP) is 4.17. The molecule has 7 heteroatoms. The Balaban J connectivity index is 0.00000320. The van der Waals surface area contributed by atoms with Gasteiger partial charge < -0.3 is 15.4 Å². The van der Waals surface area contributed by atoms with Crippen LogP contribution in [-0.2, 0) is 13.1 Å². The molecule has 1 saturated heterocycles. The molecule has 0 spiro atoms. The summed E-state index contributed by atoms with van der Waals surface area (Å²) in [6.07, 6.45) is 2.12. The van der Waals surface area contributed by atoms with Gasteiger partial charge in [0.15, 0.2) is 17.5 Å². The van der Waals surface area contributed by atoms with Gasteiger partial charge in [-0.25, -0.2) is 4.39 Å². The number of hydrogen-bond donors (Lipinski definition) is 2. The number of guanidine groups is 1. The zero-order chi connectivity index (χ0) is 20.6. The Kier molecular flexibility index (Phi) is 9.84. The highest BCUT2D eigenvalue weighted by molar-refractivity contribution is 14.0. The Labute approximate surface area is 196 Å². The quantitative estimate of drug-likeness (QED) is 0.337. The second-order valence-electron chi connectivity index (χ2n) is 7.57. The third-order valence-corrected chi connectivity index (χ3v) is 5.48. The SMILES string of the molecule is CN=C(NCc1ccc(OC)c(F)c1)NC1CCN(Cc2ccccc2)C(C)C1.I. The summed E-state index contributed by atoms with van der Waals surface area (Å²) in [5.41, 5.74) is 2.20. The number of nitrogens with one attached hydrogen (secondary N) is 2. The summed E-state index contributed by atoms with van der Waals surface area (Å²) in [7, 11) is 3.23. The lowest BCUT2D eigenvalue weighted by Gasteiger charge is -2.38. The van der Waals surface area contributed by atoms with Gasteiger partial charge in [0.25, 0.3) is 0 Å². The van der Waals surface area contributed by atoms with Gasteiger partial charge in [0.2, 0.25) is 0 Å². The van der Waals surface area contributed by atoms with E-state index in [2.05, 4.69) is 57.8 Å². The molecule has 5 nitrogen and oxygen atoms in total. The van der Waals surface area contributed by atoms with Crippen LogP contribution in [0.2, 0.25) is 0 Å². The minimum atomic E-state index is -0.352. The van der Waals surface area contributed by atoms with Crippen molar-refractivity contribution in [2.75, 3.05) is 20.7 Å². The van der Waals surface area contributed by atoms with Gasteiger partial charge in [-0.15, -0.1) is 24.0 Å². The van der Waals surface area contributed by atoms with Crippen LogP contribution in [0.4, 0.5) is 4.39 Å². The van der Waals surface area contributed by atoms with Gasteiger partial charge in [-0.1, -0.05) is 36.4 Å². The van der Waals surface area contributed by atoms with Gasteiger partial charge in [0.05, 0.1) is 7.11 Å². The molecule has 1 aliphatic rings. The lowest BCUT2D eigenvalue weighted by Crippen LogP contribution is -2.51. The third kappa shape index (κ3) is 6.84. The van der Waals surface area contributed by atoms with Gasteiger partial charge in [-0.3, -0.25) is 9.89 Å². The average molecular weight is 526 g/mol. The van der Waals surface area contributed by atoms with E-state index in [-0.39, 0.29) is 35.5 Å². The summed E-state index contributed by atoms with van der Waals surface area (Å²) >= 11 is 0. The van der Waals surface area contributed by atoms with Crippen molar-refractivity contribution >= 4 is 29.9 Å². The highest BCUT2D eigenvalue weighted by atomic mass is 127. The molecule has 0 radical (unpaired) electrons. The Bertz CT molecular complexity index is 818. The molecule has 1 aliphatic heterocycles. The maximum absolute atomic E-state index is 13.9. The zero-order valence-corrected chi connectivity index (χ0v) is 20.2. The molecule has 3 rings (SSSR count). The molecule has 2 aromatic rings. The standard InChI is InChI=1S/C23H31FN4O.HI/c1-17-13-20(11-12-28(17)16-18-7-5-4-6-8-18)27-23(25-2)26-15-19-9-10-22(29-3)21(24)14-19;/h4-10,14,17,20H,11-13,15-16H2,1-3H3,(H2,25,26,27);1H.